The maximum atomic E-state index is 12.1. The zero-order chi connectivity index (χ0) is 27.3. The number of rotatable bonds is 12. The molecule has 10 heteroatoms. The lowest BCUT2D eigenvalue weighted by Crippen LogP contribution is -2.20. The summed E-state index contributed by atoms with van der Waals surface area (Å²) in [4.78, 5) is 24.3. The number of benzene rings is 3. The van der Waals surface area contributed by atoms with Crippen molar-refractivity contribution < 1.29 is 23.8 Å². The van der Waals surface area contributed by atoms with Gasteiger partial charge in [-0.05, 0) is 77.5 Å². The standard InChI is InChI=1S/C28H27IN4O5/c1-3-37-23-10-8-22(9-11-23)32-26(34)12-13-27(35)33-31-17-19-14-24(29)28(25(15-19)36-2)38-18-21-7-5-4-6-20(21)16-30/h4-11,14-15,17H,3,12-13,18H2,1-2H3,(H,32,34)(H,33,35). The van der Waals surface area contributed by atoms with Crippen LogP contribution in [-0.2, 0) is 16.2 Å². The van der Waals surface area contributed by atoms with E-state index in [0.717, 1.165) is 14.9 Å². The van der Waals surface area contributed by atoms with Gasteiger partial charge in [-0.25, -0.2) is 5.43 Å². The van der Waals surface area contributed by atoms with Crippen molar-refractivity contribution in [1.82, 2.24) is 5.43 Å². The molecule has 0 aliphatic rings. The van der Waals surface area contributed by atoms with Gasteiger partial charge in [0.15, 0.2) is 11.5 Å². The van der Waals surface area contributed by atoms with Gasteiger partial charge in [0.25, 0.3) is 0 Å². The molecule has 0 unspecified atom stereocenters. The number of ether oxygens (including phenoxy) is 3. The van der Waals surface area contributed by atoms with Gasteiger partial charge >= 0.3 is 0 Å². The van der Waals surface area contributed by atoms with Gasteiger partial charge < -0.3 is 19.5 Å². The van der Waals surface area contributed by atoms with E-state index in [2.05, 4.69) is 44.5 Å². The fourth-order valence-corrected chi connectivity index (χ4v) is 4.13. The number of methoxy groups -OCH3 is 1. The molecule has 0 radical (unpaired) electrons. The maximum Gasteiger partial charge on any atom is 0.240 e. The summed E-state index contributed by atoms with van der Waals surface area (Å²) in [7, 11) is 1.53. The molecular weight excluding hydrogens is 599 g/mol. The number of halogens is 1. The zero-order valence-corrected chi connectivity index (χ0v) is 23.2. The van der Waals surface area contributed by atoms with Gasteiger partial charge in [0.05, 0.1) is 35.1 Å². The molecule has 3 aromatic rings. The lowest BCUT2D eigenvalue weighted by molar-refractivity contribution is -0.124. The number of carbonyl (C=O) groups is 2. The summed E-state index contributed by atoms with van der Waals surface area (Å²) in [6.07, 6.45) is 1.48. The highest BCUT2D eigenvalue weighted by molar-refractivity contribution is 14.1. The topological polar surface area (TPSA) is 122 Å². The van der Waals surface area contributed by atoms with E-state index in [-0.39, 0.29) is 31.3 Å². The van der Waals surface area contributed by atoms with Crippen LogP contribution in [0.4, 0.5) is 5.69 Å². The Balaban J connectivity index is 1.50. The Hall–Kier alpha value is -4.11. The zero-order valence-electron chi connectivity index (χ0n) is 21.0. The van der Waals surface area contributed by atoms with E-state index >= 15 is 0 Å². The van der Waals surface area contributed by atoms with E-state index in [0.29, 0.717) is 34.9 Å². The number of nitriles is 1. The van der Waals surface area contributed by atoms with Crippen LogP contribution in [0, 0.1) is 14.9 Å². The molecule has 0 saturated carbocycles. The first-order valence-electron chi connectivity index (χ1n) is 11.8. The van der Waals surface area contributed by atoms with Crippen molar-refractivity contribution in [3.63, 3.8) is 0 Å². The molecule has 0 fully saturated rings. The molecule has 196 valence electrons. The molecule has 0 bridgehead atoms. The van der Waals surface area contributed by atoms with E-state index in [9.17, 15) is 14.9 Å². The Kier molecular flexibility index (Phi) is 10.9. The predicted molar refractivity (Wildman–Crippen MR) is 152 cm³/mol. The Bertz CT molecular complexity index is 1340. The minimum absolute atomic E-state index is 0.0151. The van der Waals surface area contributed by atoms with Gasteiger partial charge in [0.1, 0.15) is 12.4 Å². The number of amides is 2. The first-order valence-corrected chi connectivity index (χ1v) is 12.8. The number of carbonyl (C=O) groups excluding carboxylic acids is 2. The quantitative estimate of drug-likeness (QED) is 0.166. The summed E-state index contributed by atoms with van der Waals surface area (Å²) in [6.45, 7) is 2.68. The third-order valence-corrected chi connectivity index (χ3v) is 5.99. The molecule has 0 spiro atoms. The van der Waals surface area contributed by atoms with Crippen LogP contribution in [-0.4, -0.2) is 31.7 Å². The maximum absolute atomic E-state index is 12.1. The largest absolute Gasteiger partial charge is 0.494 e. The van der Waals surface area contributed by atoms with Gasteiger partial charge in [0, 0.05) is 24.1 Å². The molecular formula is C28H27IN4O5. The summed E-state index contributed by atoms with van der Waals surface area (Å²) in [5.74, 6) is 1.09. The van der Waals surface area contributed by atoms with Crippen LogP contribution in [0.5, 0.6) is 17.2 Å². The molecule has 9 nitrogen and oxygen atoms in total. The van der Waals surface area contributed by atoms with Crippen LogP contribution in [0.15, 0.2) is 65.8 Å². The molecule has 2 N–H and O–H groups in total. The van der Waals surface area contributed by atoms with E-state index < -0.39 is 0 Å². The second kappa shape index (κ2) is 14.6. The van der Waals surface area contributed by atoms with Gasteiger partial charge in [-0.15, -0.1) is 0 Å². The summed E-state index contributed by atoms with van der Waals surface area (Å²) >= 11 is 2.13. The van der Waals surface area contributed by atoms with Crippen molar-refractivity contribution in [1.29, 1.82) is 5.26 Å². The monoisotopic (exact) mass is 626 g/mol. The Labute approximate surface area is 234 Å². The van der Waals surface area contributed by atoms with Crippen LogP contribution < -0.4 is 25.0 Å². The predicted octanol–water partition coefficient (Wildman–Crippen LogP) is 5.02. The molecule has 38 heavy (non-hydrogen) atoms. The SMILES string of the molecule is CCOc1ccc(NC(=O)CCC(=O)NN=Cc2cc(I)c(OCc3ccccc3C#N)c(OC)c2)cc1. The average molecular weight is 626 g/mol. The molecule has 0 aliphatic carbocycles. The first-order chi connectivity index (χ1) is 18.4. The van der Waals surface area contributed by atoms with Crippen LogP contribution in [0.1, 0.15) is 36.5 Å². The molecule has 0 aliphatic heterocycles. The molecule has 3 rings (SSSR count). The van der Waals surface area contributed by atoms with Crippen molar-refractivity contribution >= 4 is 46.3 Å². The summed E-state index contributed by atoms with van der Waals surface area (Å²) in [5, 5.41) is 16.0. The van der Waals surface area contributed by atoms with Crippen molar-refractivity contribution in [2.45, 2.75) is 26.4 Å². The molecule has 0 saturated heterocycles. The summed E-state index contributed by atoms with van der Waals surface area (Å²) < 4.78 is 17.6. The van der Waals surface area contributed by atoms with Gasteiger partial charge in [-0.3, -0.25) is 9.59 Å². The Morgan fingerprint density at radius 1 is 1.05 bits per heavy atom. The summed E-state index contributed by atoms with van der Waals surface area (Å²) in [6, 6.07) is 20.0. The normalized spacial score (nSPS) is 10.5. The van der Waals surface area contributed by atoms with E-state index in [1.54, 1.807) is 42.5 Å². The number of hydrazone groups is 1. The van der Waals surface area contributed by atoms with Crippen LogP contribution in [0.25, 0.3) is 0 Å². The van der Waals surface area contributed by atoms with Crippen molar-refractivity contribution in [2.75, 3.05) is 19.0 Å². The number of nitrogens with one attached hydrogen (secondary N) is 2. The van der Waals surface area contributed by atoms with Crippen LogP contribution in [0.3, 0.4) is 0 Å². The van der Waals surface area contributed by atoms with E-state index in [1.165, 1.54) is 13.3 Å². The number of nitrogens with zero attached hydrogens (tertiary/aromatic N) is 2. The molecule has 0 heterocycles. The second-order valence-electron chi connectivity index (χ2n) is 7.89. The Morgan fingerprint density at radius 3 is 2.50 bits per heavy atom. The minimum Gasteiger partial charge on any atom is -0.494 e. The van der Waals surface area contributed by atoms with Crippen LogP contribution in [0.2, 0.25) is 0 Å². The Morgan fingerprint density at radius 2 is 1.79 bits per heavy atom. The molecule has 0 aromatic heterocycles. The summed E-state index contributed by atoms with van der Waals surface area (Å²) in [5.41, 5.74) is 5.07. The second-order valence-corrected chi connectivity index (χ2v) is 9.05. The lowest BCUT2D eigenvalue weighted by atomic mass is 10.1. The third-order valence-electron chi connectivity index (χ3n) is 5.19. The average Bonchev–Trinajstić information content (AvgIpc) is 2.92. The van der Waals surface area contributed by atoms with Crippen molar-refractivity contribution in [3.05, 3.63) is 80.9 Å². The van der Waals surface area contributed by atoms with Gasteiger partial charge in [0.2, 0.25) is 11.8 Å². The lowest BCUT2D eigenvalue weighted by Gasteiger charge is -2.14. The molecule has 2 amide bonds. The third kappa shape index (κ3) is 8.48. The molecule has 3 aromatic carbocycles. The fourth-order valence-electron chi connectivity index (χ4n) is 3.35. The van der Waals surface area contributed by atoms with E-state index in [1.807, 2.05) is 25.1 Å². The number of hydrogen-bond donors (Lipinski definition) is 2. The van der Waals surface area contributed by atoms with Gasteiger partial charge in [-0.2, -0.15) is 10.4 Å². The van der Waals surface area contributed by atoms with E-state index in [4.69, 9.17) is 14.2 Å². The highest BCUT2D eigenvalue weighted by Crippen LogP contribution is 2.34. The minimum atomic E-state index is -0.388. The molecule has 0 atom stereocenters. The highest BCUT2D eigenvalue weighted by Gasteiger charge is 2.13. The van der Waals surface area contributed by atoms with Crippen molar-refractivity contribution in [2.24, 2.45) is 5.10 Å². The van der Waals surface area contributed by atoms with Gasteiger partial charge in [-0.1, -0.05) is 18.2 Å². The van der Waals surface area contributed by atoms with Crippen LogP contribution >= 0.6 is 22.6 Å². The fraction of sp³-hybridized carbons (Fsp3) is 0.214. The number of hydrogen-bond acceptors (Lipinski definition) is 7. The number of anilines is 1. The first kappa shape index (κ1) is 28.5. The smallest absolute Gasteiger partial charge is 0.240 e. The highest BCUT2D eigenvalue weighted by atomic mass is 127. The van der Waals surface area contributed by atoms with Crippen molar-refractivity contribution in [3.8, 4) is 23.3 Å².